The summed E-state index contributed by atoms with van der Waals surface area (Å²) >= 11 is 2.34. The van der Waals surface area contributed by atoms with Gasteiger partial charge in [-0.25, -0.2) is 0 Å². The zero-order valence-corrected chi connectivity index (χ0v) is 11.1. The van der Waals surface area contributed by atoms with Crippen molar-refractivity contribution >= 4 is 22.0 Å². The van der Waals surface area contributed by atoms with E-state index in [0.29, 0.717) is 6.61 Å². The van der Waals surface area contributed by atoms with Crippen LogP contribution in [0, 0.1) is 0 Å². The molecule has 0 aliphatic rings. The van der Waals surface area contributed by atoms with Crippen LogP contribution in [0.4, 0.5) is 4.79 Å². The molecule has 1 N–H and O–H groups in total. The molecule has 16 heavy (non-hydrogen) atoms. The molecule has 0 aliphatic carbocycles. The van der Waals surface area contributed by atoms with Crippen molar-refractivity contribution in [2.45, 2.75) is 27.7 Å². The van der Waals surface area contributed by atoms with Crippen LogP contribution in [0.2, 0.25) is 0 Å². The topological polar surface area (TPSA) is 97.7 Å². The number of rotatable bonds is 2. The van der Waals surface area contributed by atoms with E-state index in [0.717, 1.165) is 6.92 Å². The van der Waals surface area contributed by atoms with Crippen LogP contribution < -0.4 is 0 Å². The predicted molar refractivity (Wildman–Crippen MR) is 51.7 cm³/mol. The molecule has 7 heteroatoms. The summed E-state index contributed by atoms with van der Waals surface area (Å²) in [6.45, 7) is 5.79. The number of Topliss-reactive ketones (excluding diaryl/α,β-unsaturated/α-hetero) is 2. The summed E-state index contributed by atoms with van der Waals surface area (Å²) in [5, 5.41) is 7.42. The molecular weight excluding hydrogens is 311 g/mol. The standard InChI is InChI=1S/C4H6O2.C3H5O2.C2H4O2.Pd/c1-3(5)4(2)6;1-2-5-3-4;1-2(3)4;/h1-2H3;2H2,1H3;1H3,(H,3,4);. The third kappa shape index (κ3) is 52.3. The summed E-state index contributed by atoms with van der Waals surface area (Å²) in [6.07, 6.45) is 0. The Morgan fingerprint density at radius 1 is 1.06 bits per heavy atom. The number of ether oxygens (including phenoxy) is 1. The number of ketones is 2. The van der Waals surface area contributed by atoms with Crippen LogP contribution in [-0.2, 0) is 38.3 Å². The summed E-state index contributed by atoms with van der Waals surface area (Å²) in [7, 11) is 0. The fourth-order valence-corrected chi connectivity index (χ4v) is 0.329. The number of carbonyl (C=O) groups is 4. The predicted octanol–water partition coefficient (Wildman–Crippen LogP) is 0.945. The SMILES string of the molecule is CC(=O)C(C)=O.CC(=O)O.CCO[C](=O)[Pd]. The average molecular weight is 326 g/mol. The van der Waals surface area contributed by atoms with Gasteiger partial charge in [0, 0.05) is 20.8 Å². The Bertz CT molecular complexity index is 232. The molecule has 0 amide bonds. The van der Waals surface area contributed by atoms with Gasteiger partial charge in [0.2, 0.25) is 0 Å². The van der Waals surface area contributed by atoms with Crippen LogP contribution >= 0.6 is 0 Å². The van der Waals surface area contributed by atoms with Crippen LogP contribution in [0.5, 0.6) is 0 Å². The third-order valence-corrected chi connectivity index (χ3v) is 0.969. The van der Waals surface area contributed by atoms with Gasteiger partial charge >= 0.3 is 46.7 Å². The van der Waals surface area contributed by atoms with Gasteiger partial charge in [-0.2, -0.15) is 0 Å². The van der Waals surface area contributed by atoms with Crippen LogP contribution in [0.25, 0.3) is 0 Å². The van der Waals surface area contributed by atoms with Crippen molar-refractivity contribution in [2.24, 2.45) is 0 Å². The molecule has 0 fully saturated rings. The molecule has 0 bridgehead atoms. The van der Waals surface area contributed by atoms with Crippen molar-refractivity contribution in [1.82, 2.24) is 0 Å². The Hall–Kier alpha value is -1.06. The first-order valence-electron chi connectivity index (χ1n) is 4.15. The number of hydrogen-bond donors (Lipinski definition) is 1. The second-order valence-corrected chi connectivity index (χ2v) is 2.91. The van der Waals surface area contributed by atoms with Gasteiger partial charge in [0.25, 0.3) is 5.97 Å². The van der Waals surface area contributed by atoms with Crippen LogP contribution in [0.15, 0.2) is 0 Å². The van der Waals surface area contributed by atoms with E-state index in [9.17, 15) is 14.4 Å². The molecule has 0 aromatic carbocycles. The Morgan fingerprint density at radius 3 is 1.31 bits per heavy atom. The second kappa shape index (κ2) is 13.9. The van der Waals surface area contributed by atoms with Gasteiger partial charge in [-0.1, -0.05) is 0 Å². The Morgan fingerprint density at radius 2 is 1.31 bits per heavy atom. The monoisotopic (exact) mass is 325 g/mol. The van der Waals surface area contributed by atoms with Gasteiger partial charge in [0.15, 0.2) is 11.6 Å². The van der Waals surface area contributed by atoms with Gasteiger partial charge in [-0.15, -0.1) is 0 Å². The number of aliphatic carboxylic acids is 1. The second-order valence-electron chi connectivity index (χ2n) is 2.28. The van der Waals surface area contributed by atoms with E-state index >= 15 is 0 Å². The zero-order chi connectivity index (χ0) is 13.7. The molecule has 0 saturated heterocycles. The number of carbonyl (C=O) groups excluding carboxylic acids is 3. The van der Waals surface area contributed by atoms with Gasteiger partial charge in [-0.05, 0) is 0 Å². The first-order chi connectivity index (χ1) is 7.14. The molecule has 0 aromatic rings. The summed E-state index contributed by atoms with van der Waals surface area (Å²) in [5.74, 6) is -1.59. The summed E-state index contributed by atoms with van der Waals surface area (Å²) in [4.78, 5) is 38.3. The van der Waals surface area contributed by atoms with Crippen molar-refractivity contribution in [1.29, 1.82) is 0 Å². The Balaban J connectivity index is -0.000000162. The molecule has 0 atom stereocenters. The third-order valence-electron chi connectivity index (χ3n) is 0.745. The van der Waals surface area contributed by atoms with Crippen molar-refractivity contribution in [3.05, 3.63) is 0 Å². The van der Waals surface area contributed by atoms with E-state index in [1.165, 1.54) is 13.8 Å². The molecule has 97 valence electrons. The summed E-state index contributed by atoms with van der Waals surface area (Å²) in [5.41, 5.74) is 0. The molecule has 0 aromatic heterocycles. The van der Waals surface area contributed by atoms with E-state index in [1.807, 2.05) is 0 Å². The van der Waals surface area contributed by atoms with Crippen molar-refractivity contribution < 1.29 is 48.2 Å². The average Bonchev–Trinajstić information content (AvgIpc) is 2.03. The normalized spacial score (nSPS) is 7.38. The van der Waals surface area contributed by atoms with Crippen LogP contribution in [-0.4, -0.2) is 33.7 Å². The number of carboxylic acid groups (broad SMARTS) is 1. The molecule has 0 heterocycles. The molecule has 6 nitrogen and oxygen atoms in total. The van der Waals surface area contributed by atoms with E-state index < -0.39 is 5.97 Å². The van der Waals surface area contributed by atoms with Gasteiger partial charge in [-0.3, -0.25) is 14.4 Å². The molecule has 0 rings (SSSR count). The van der Waals surface area contributed by atoms with Gasteiger partial charge in [0.1, 0.15) is 0 Å². The van der Waals surface area contributed by atoms with E-state index in [2.05, 4.69) is 23.9 Å². The molecular formula is C9H15O6Pd. The first kappa shape index (κ1) is 20.4. The molecule has 0 unspecified atom stereocenters. The Labute approximate surface area is 105 Å². The van der Waals surface area contributed by atoms with Crippen LogP contribution in [0.1, 0.15) is 27.7 Å². The number of hydrogen-bond acceptors (Lipinski definition) is 5. The van der Waals surface area contributed by atoms with Crippen molar-refractivity contribution in [3.8, 4) is 0 Å². The number of carboxylic acids is 1. The zero-order valence-electron chi connectivity index (χ0n) is 9.51. The minimum absolute atomic E-state index is 0.361. The quantitative estimate of drug-likeness (QED) is 0.599. The van der Waals surface area contributed by atoms with Crippen molar-refractivity contribution in [2.75, 3.05) is 6.61 Å². The van der Waals surface area contributed by atoms with Crippen LogP contribution in [0.3, 0.4) is 0 Å². The molecule has 0 saturated carbocycles. The maximum atomic E-state index is 9.79. The maximum absolute atomic E-state index is 9.79. The molecule has 0 aliphatic heterocycles. The molecule has 0 spiro atoms. The molecule has 0 radical (unpaired) electrons. The van der Waals surface area contributed by atoms with E-state index in [1.54, 1.807) is 6.92 Å². The summed E-state index contributed by atoms with van der Waals surface area (Å²) in [6, 6.07) is 0. The Kier molecular flexibility index (Phi) is 17.7. The van der Waals surface area contributed by atoms with Gasteiger partial charge in [0.05, 0.1) is 0 Å². The summed E-state index contributed by atoms with van der Waals surface area (Å²) < 4.78 is 3.98. The van der Waals surface area contributed by atoms with Crippen molar-refractivity contribution in [3.63, 3.8) is 0 Å². The van der Waals surface area contributed by atoms with E-state index in [-0.39, 0.29) is 16.0 Å². The van der Waals surface area contributed by atoms with Gasteiger partial charge < -0.3 is 5.11 Å². The van der Waals surface area contributed by atoms with E-state index in [4.69, 9.17) is 9.90 Å². The minimum atomic E-state index is -0.833. The fourth-order valence-electron chi connectivity index (χ4n) is 0.105. The fraction of sp³-hybridized carbons (Fsp3) is 0.556. The first-order valence-corrected chi connectivity index (χ1v) is 4.93.